The van der Waals surface area contributed by atoms with Crippen molar-refractivity contribution < 1.29 is 4.79 Å². The van der Waals surface area contributed by atoms with E-state index in [1.54, 1.807) is 0 Å². The van der Waals surface area contributed by atoms with E-state index in [-0.39, 0.29) is 11.9 Å². The van der Waals surface area contributed by atoms with Gasteiger partial charge in [-0.3, -0.25) is 4.79 Å². The number of rotatable bonds is 8. The van der Waals surface area contributed by atoms with Gasteiger partial charge in [-0.15, -0.1) is 0 Å². The Morgan fingerprint density at radius 2 is 2.12 bits per heavy atom. The number of hydrogen-bond acceptors (Lipinski definition) is 4. The van der Waals surface area contributed by atoms with Crippen LogP contribution in [0.25, 0.3) is 0 Å². The maximum absolute atomic E-state index is 12.3. The fraction of sp³-hybridized carbons (Fsp3) is 0.471. The highest BCUT2D eigenvalue weighted by molar-refractivity contribution is 7.80. The predicted molar refractivity (Wildman–Crippen MR) is 107 cm³/mol. The Morgan fingerprint density at radius 3 is 2.75 bits per heavy atom. The van der Waals surface area contributed by atoms with Crippen molar-refractivity contribution in [3.8, 4) is 0 Å². The number of carbonyl (C=O) groups excluding carboxylic acids is 1. The van der Waals surface area contributed by atoms with Gasteiger partial charge in [0.2, 0.25) is 5.91 Å². The third kappa shape index (κ3) is 7.64. The van der Waals surface area contributed by atoms with E-state index < -0.39 is 0 Å². The van der Waals surface area contributed by atoms with E-state index in [9.17, 15) is 4.79 Å². The van der Waals surface area contributed by atoms with Gasteiger partial charge in [-0.05, 0) is 61.4 Å². The SMILES string of the molecule is CCCNC(=O)[C@H](CC(C)C)NC(=S)Nc1cccc(N=C=S)c1. The summed E-state index contributed by atoms with van der Waals surface area (Å²) in [4.78, 5) is 16.2. The quantitative estimate of drug-likeness (QED) is 0.485. The lowest BCUT2D eigenvalue weighted by Gasteiger charge is -2.22. The molecule has 0 aromatic heterocycles. The van der Waals surface area contributed by atoms with Gasteiger partial charge in [0.1, 0.15) is 6.04 Å². The molecule has 0 aliphatic carbocycles. The van der Waals surface area contributed by atoms with E-state index in [1.807, 2.05) is 31.2 Å². The molecule has 0 aliphatic heterocycles. The molecule has 5 nitrogen and oxygen atoms in total. The van der Waals surface area contributed by atoms with Crippen LogP contribution in [0.15, 0.2) is 29.3 Å². The number of hydrogen-bond donors (Lipinski definition) is 3. The highest BCUT2D eigenvalue weighted by Crippen LogP contribution is 2.17. The zero-order valence-electron chi connectivity index (χ0n) is 14.3. The zero-order valence-corrected chi connectivity index (χ0v) is 15.9. The molecule has 1 rings (SSSR count). The molecule has 3 N–H and O–H groups in total. The van der Waals surface area contributed by atoms with Gasteiger partial charge in [-0.1, -0.05) is 26.8 Å². The first kappa shape index (κ1) is 20.2. The van der Waals surface area contributed by atoms with Gasteiger partial charge < -0.3 is 16.0 Å². The largest absolute Gasteiger partial charge is 0.354 e. The van der Waals surface area contributed by atoms with E-state index in [1.165, 1.54) is 0 Å². The van der Waals surface area contributed by atoms with Crippen molar-refractivity contribution in [3.63, 3.8) is 0 Å². The molecule has 0 spiro atoms. The molecule has 0 unspecified atom stereocenters. The number of nitrogens with zero attached hydrogens (tertiary/aromatic N) is 1. The van der Waals surface area contributed by atoms with E-state index >= 15 is 0 Å². The van der Waals surface area contributed by atoms with Crippen molar-refractivity contribution in [1.29, 1.82) is 0 Å². The number of benzene rings is 1. The Balaban J connectivity index is 2.71. The smallest absolute Gasteiger partial charge is 0.242 e. The van der Waals surface area contributed by atoms with Gasteiger partial charge in [0, 0.05) is 12.2 Å². The van der Waals surface area contributed by atoms with Gasteiger partial charge >= 0.3 is 0 Å². The van der Waals surface area contributed by atoms with Crippen LogP contribution >= 0.6 is 24.4 Å². The van der Waals surface area contributed by atoms with Crippen molar-refractivity contribution in [2.75, 3.05) is 11.9 Å². The van der Waals surface area contributed by atoms with Crippen LogP contribution in [0, 0.1) is 5.92 Å². The molecule has 0 aliphatic rings. The van der Waals surface area contributed by atoms with Crippen molar-refractivity contribution in [2.45, 2.75) is 39.7 Å². The van der Waals surface area contributed by atoms with Crippen LogP contribution in [0.3, 0.4) is 0 Å². The van der Waals surface area contributed by atoms with Gasteiger partial charge in [-0.25, -0.2) is 0 Å². The molecule has 1 aromatic carbocycles. The molecule has 7 heteroatoms. The van der Waals surface area contributed by atoms with Gasteiger partial charge in [0.15, 0.2) is 5.11 Å². The van der Waals surface area contributed by atoms with Gasteiger partial charge in [0.25, 0.3) is 0 Å². The Hall–Kier alpha value is -1.82. The lowest BCUT2D eigenvalue weighted by atomic mass is 10.0. The van der Waals surface area contributed by atoms with Crippen LogP contribution < -0.4 is 16.0 Å². The lowest BCUT2D eigenvalue weighted by Crippen LogP contribution is -2.48. The van der Waals surface area contributed by atoms with Gasteiger partial charge in [0.05, 0.1) is 10.8 Å². The molecule has 0 saturated carbocycles. The first-order valence-corrected chi connectivity index (χ1v) is 8.81. The van der Waals surface area contributed by atoms with Crippen LogP contribution in [0.4, 0.5) is 11.4 Å². The predicted octanol–water partition coefficient (Wildman–Crippen LogP) is 3.65. The Kier molecular flexibility index (Phi) is 9.15. The Bertz CT molecular complexity index is 612. The minimum absolute atomic E-state index is 0.0336. The summed E-state index contributed by atoms with van der Waals surface area (Å²) in [5, 5.41) is 11.8. The summed E-state index contributed by atoms with van der Waals surface area (Å²) >= 11 is 9.94. The van der Waals surface area contributed by atoms with Crippen molar-refractivity contribution in [2.24, 2.45) is 10.9 Å². The topological polar surface area (TPSA) is 65.5 Å². The lowest BCUT2D eigenvalue weighted by molar-refractivity contribution is -0.123. The maximum atomic E-state index is 12.3. The second-order valence-corrected chi connectivity index (χ2v) is 6.42. The second-order valence-electron chi connectivity index (χ2n) is 5.83. The van der Waals surface area contributed by atoms with E-state index in [0.717, 1.165) is 12.1 Å². The van der Waals surface area contributed by atoms with Crippen LogP contribution in [0.5, 0.6) is 0 Å². The molecule has 0 saturated heterocycles. The molecule has 0 bridgehead atoms. The average molecular weight is 365 g/mol. The Morgan fingerprint density at radius 1 is 1.38 bits per heavy atom. The first-order chi connectivity index (χ1) is 11.5. The number of anilines is 1. The first-order valence-electron chi connectivity index (χ1n) is 7.99. The van der Waals surface area contributed by atoms with Crippen molar-refractivity contribution in [3.05, 3.63) is 24.3 Å². The summed E-state index contributed by atoms with van der Waals surface area (Å²) in [6.45, 7) is 6.83. The molecule has 130 valence electrons. The molecular formula is C17H24N4OS2. The summed E-state index contributed by atoms with van der Waals surface area (Å²) in [6, 6.07) is 6.97. The highest BCUT2D eigenvalue weighted by atomic mass is 32.1. The van der Waals surface area contributed by atoms with Crippen LogP contribution in [-0.4, -0.2) is 28.8 Å². The summed E-state index contributed by atoms with van der Waals surface area (Å²) in [6.07, 6.45) is 1.60. The molecular weight excluding hydrogens is 340 g/mol. The van der Waals surface area contributed by atoms with Crippen LogP contribution in [0.1, 0.15) is 33.6 Å². The maximum Gasteiger partial charge on any atom is 0.242 e. The summed E-state index contributed by atoms with van der Waals surface area (Å²) in [5.41, 5.74) is 1.47. The highest BCUT2D eigenvalue weighted by Gasteiger charge is 2.20. The van der Waals surface area contributed by atoms with Crippen LogP contribution in [0.2, 0.25) is 0 Å². The Labute approximate surface area is 154 Å². The molecule has 1 amide bonds. The number of thiocarbonyl (C=S) groups is 2. The fourth-order valence-electron chi connectivity index (χ4n) is 2.11. The number of nitrogens with one attached hydrogen (secondary N) is 3. The minimum Gasteiger partial charge on any atom is -0.354 e. The van der Waals surface area contributed by atoms with E-state index in [4.69, 9.17) is 12.2 Å². The van der Waals surface area contributed by atoms with E-state index in [2.05, 4.69) is 52.2 Å². The third-order valence-electron chi connectivity index (χ3n) is 3.16. The summed E-state index contributed by atoms with van der Waals surface area (Å²) in [7, 11) is 0. The average Bonchev–Trinajstić information content (AvgIpc) is 2.52. The zero-order chi connectivity index (χ0) is 17.9. The number of amides is 1. The molecule has 1 atom stereocenters. The molecule has 24 heavy (non-hydrogen) atoms. The van der Waals surface area contributed by atoms with Crippen molar-refractivity contribution in [1.82, 2.24) is 10.6 Å². The van der Waals surface area contributed by atoms with Gasteiger partial charge in [-0.2, -0.15) is 4.99 Å². The molecule has 1 aromatic rings. The molecule has 0 heterocycles. The molecule has 0 radical (unpaired) electrons. The monoisotopic (exact) mass is 364 g/mol. The number of aliphatic imine (C=N–C) groups is 1. The summed E-state index contributed by atoms with van der Waals surface area (Å²) < 4.78 is 0. The van der Waals surface area contributed by atoms with E-state index in [0.29, 0.717) is 29.7 Å². The normalized spacial score (nSPS) is 11.3. The standard InChI is InChI=1S/C17H24N4OS2/c1-4-8-18-16(22)15(9-12(2)3)21-17(24)20-14-7-5-6-13(10-14)19-11-23/h5-7,10,12,15H,4,8-9H2,1-3H3,(H,18,22)(H2,20,21,24)/t15-/m0/s1. The number of carbonyl (C=O) groups is 1. The third-order valence-corrected chi connectivity index (χ3v) is 3.47. The molecule has 0 fully saturated rings. The van der Waals surface area contributed by atoms with Crippen LogP contribution in [-0.2, 0) is 4.79 Å². The summed E-state index contributed by atoms with van der Waals surface area (Å²) in [5.74, 6) is 0.340. The fourth-order valence-corrected chi connectivity index (χ4v) is 2.47. The number of isothiocyanates is 1. The second kappa shape index (κ2) is 10.9. The minimum atomic E-state index is -0.362. The van der Waals surface area contributed by atoms with Crippen molar-refractivity contribution >= 4 is 52.0 Å².